The summed E-state index contributed by atoms with van der Waals surface area (Å²) >= 11 is 0. The average molecular weight is 431 g/mol. The van der Waals surface area contributed by atoms with Gasteiger partial charge in [0.05, 0.1) is 12.1 Å². The number of hydrogen-bond donors (Lipinski definition) is 3. The van der Waals surface area contributed by atoms with Crippen LogP contribution in [0, 0.1) is 30.3 Å². The van der Waals surface area contributed by atoms with Crippen molar-refractivity contribution >= 4 is 17.5 Å². The third kappa shape index (κ3) is 4.32. The van der Waals surface area contributed by atoms with Gasteiger partial charge in [-0.25, -0.2) is 13.2 Å². The molecule has 0 unspecified atom stereocenters. The predicted molar refractivity (Wildman–Crippen MR) is 106 cm³/mol. The van der Waals surface area contributed by atoms with Crippen LogP contribution in [0.4, 0.5) is 18.9 Å². The van der Waals surface area contributed by atoms with E-state index in [9.17, 15) is 22.8 Å². The molecule has 0 bridgehead atoms. The lowest BCUT2D eigenvalue weighted by molar-refractivity contribution is -0.119. The Morgan fingerprint density at radius 1 is 1.23 bits per heavy atom. The van der Waals surface area contributed by atoms with E-state index in [0.29, 0.717) is 25.1 Å². The third-order valence-corrected chi connectivity index (χ3v) is 5.39. The topological polar surface area (TPSA) is 93.9 Å². The highest BCUT2D eigenvalue weighted by atomic mass is 19.2. The zero-order valence-corrected chi connectivity index (χ0v) is 16.6. The van der Waals surface area contributed by atoms with Crippen LogP contribution in [0.5, 0.6) is 0 Å². The van der Waals surface area contributed by atoms with Crippen LogP contribution in [0.3, 0.4) is 0 Å². The van der Waals surface area contributed by atoms with E-state index in [1.807, 2.05) is 13.0 Å². The van der Waals surface area contributed by atoms with Crippen molar-refractivity contribution in [3.8, 4) is 0 Å². The molecule has 0 saturated carbocycles. The number of halogens is 3. The van der Waals surface area contributed by atoms with Gasteiger partial charge in [-0.1, -0.05) is 0 Å². The molecule has 7 nitrogen and oxygen atoms in total. The summed E-state index contributed by atoms with van der Waals surface area (Å²) in [5.74, 6) is -5.61. The maximum absolute atomic E-state index is 13.3. The molecule has 31 heavy (non-hydrogen) atoms. The number of rotatable bonds is 5. The fraction of sp³-hybridized carbons (Fsp3) is 0.286. The zero-order chi connectivity index (χ0) is 22.1. The van der Waals surface area contributed by atoms with Crippen LogP contribution < -0.4 is 5.32 Å². The van der Waals surface area contributed by atoms with Gasteiger partial charge >= 0.3 is 0 Å². The number of anilines is 1. The molecule has 1 atom stereocenters. The Labute approximate surface area is 175 Å². The van der Waals surface area contributed by atoms with Gasteiger partial charge in [0.1, 0.15) is 5.69 Å². The van der Waals surface area contributed by atoms with Gasteiger partial charge in [0.15, 0.2) is 17.5 Å². The van der Waals surface area contributed by atoms with Crippen molar-refractivity contribution in [2.24, 2.45) is 5.92 Å². The Hall–Kier alpha value is -3.56. The minimum Gasteiger partial charge on any atom is -0.354 e. The lowest BCUT2D eigenvalue weighted by Crippen LogP contribution is -2.31. The first-order valence-electron chi connectivity index (χ1n) is 9.73. The second kappa shape index (κ2) is 8.29. The number of H-pyrrole nitrogens is 2. The van der Waals surface area contributed by atoms with E-state index < -0.39 is 29.3 Å². The smallest absolute Gasteiger partial charge is 0.270 e. The van der Waals surface area contributed by atoms with Crippen LogP contribution in [0.2, 0.25) is 0 Å². The SMILES string of the molecule is Cc1[nH]ncc1Cc1ccc(C(=O)N2CC[C@H](C(=O)Nc3cc(F)c(F)c(F)c3)C2)[nH]1. The maximum atomic E-state index is 13.3. The number of nitrogens with zero attached hydrogens (tertiary/aromatic N) is 2. The number of likely N-dealkylation sites (tertiary alicyclic amines) is 1. The Balaban J connectivity index is 1.37. The van der Waals surface area contributed by atoms with Crippen LogP contribution >= 0.6 is 0 Å². The minimum atomic E-state index is -1.59. The van der Waals surface area contributed by atoms with Gasteiger partial charge in [0.2, 0.25) is 5.91 Å². The molecule has 0 radical (unpaired) electrons. The van der Waals surface area contributed by atoms with E-state index in [1.165, 1.54) is 0 Å². The van der Waals surface area contributed by atoms with Crippen molar-refractivity contribution < 1.29 is 22.8 Å². The molecule has 0 aliphatic carbocycles. The summed E-state index contributed by atoms with van der Waals surface area (Å²) < 4.78 is 39.7. The van der Waals surface area contributed by atoms with E-state index in [0.717, 1.165) is 29.1 Å². The number of nitrogens with one attached hydrogen (secondary N) is 3. The summed E-state index contributed by atoms with van der Waals surface area (Å²) in [5.41, 5.74) is 3.08. The van der Waals surface area contributed by atoms with Gasteiger partial charge < -0.3 is 15.2 Å². The molecule has 10 heteroatoms. The molecule has 1 saturated heterocycles. The second-order valence-corrected chi connectivity index (χ2v) is 7.57. The number of hydrogen-bond acceptors (Lipinski definition) is 3. The van der Waals surface area contributed by atoms with Gasteiger partial charge in [-0.2, -0.15) is 5.10 Å². The van der Waals surface area contributed by atoms with Crippen molar-refractivity contribution in [2.75, 3.05) is 18.4 Å². The van der Waals surface area contributed by atoms with E-state index >= 15 is 0 Å². The summed E-state index contributed by atoms with van der Waals surface area (Å²) in [4.78, 5) is 29.9. The van der Waals surface area contributed by atoms with Gasteiger partial charge in [-0.15, -0.1) is 0 Å². The minimum absolute atomic E-state index is 0.172. The molecule has 2 amide bonds. The van der Waals surface area contributed by atoms with E-state index in [2.05, 4.69) is 20.5 Å². The van der Waals surface area contributed by atoms with Crippen molar-refractivity contribution in [1.29, 1.82) is 0 Å². The van der Waals surface area contributed by atoms with E-state index in [-0.39, 0.29) is 18.1 Å². The third-order valence-electron chi connectivity index (χ3n) is 5.39. The van der Waals surface area contributed by atoms with E-state index in [4.69, 9.17) is 0 Å². The highest BCUT2D eigenvalue weighted by molar-refractivity contribution is 5.96. The molecule has 1 fully saturated rings. The molecule has 1 aliphatic heterocycles. The van der Waals surface area contributed by atoms with Crippen LogP contribution in [0.25, 0.3) is 0 Å². The first-order valence-corrected chi connectivity index (χ1v) is 9.73. The van der Waals surface area contributed by atoms with Gasteiger partial charge in [0, 0.05) is 48.7 Å². The maximum Gasteiger partial charge on any atom is 0.270 e. The summed E-state index contributed by atoms with van der Waals surface area (Å²) in [7, 11) is 0. The van der Waals surface area contributed by atoms with Crippen LogP contribution in [-0.4, -0.2) is 45.0 Å². The molecular weight excluding hydrogens is 411 g/mol. The molecule has 3 aromatic rings. The summed E-state index contributed by atoms with van der Waals surface area (Å²) in [5, 5.41) is 9.23. The Morgan fingerprint density at radius 3 is 2.65 bits per heavy atom. The standard InChI is InChI=1S/C21H20F3N5O2/c1-11-13(9-25-28-11)6-14-2-3-18(26-14)21(31)29-5-4-12(10-29)20(30)27-15-7-16(22)19(24)17(23)8-15/h2-3,7-9,12,26H,4-6,10H2,1H3,(H,25,28)(H,27,30)/t12-/m0/s1. The summed E-state index contributed by atoms with van der Waals surface area (Å²) in [6.07, 6.45) is 2.75. The molecule has 0 spiro atoms. The number of aryl methyl sites for hydroxylation is 1. The number of aromatic nitrogens is 3. The monoisotopic (exact) mass is 431 g/mol. The lowest BCUT2D eigenvalue weighted by Gasteiger charge is -2.16. The van der Waals surface area contributed by atoms with Gasteiger partial charge in [-0.05, 0) is 31.0 Å². The Bertz CT molecular complexity index is 1120. The number of carbonyl (C=O) groups is 2. The second-order valence-electron chi connectivity index (χ2n) is 7.57. The number of carbonyl (C=O) groups excluding carboxylic acids is 2. The van der Waals surface area contributed by atoms with Crippen molar-refractivity contribution in [2.45, 2.75) is 19.8 Å². The van der Waals surface area contributed by atoms with Crippen LogP contribution in [0.15, 0.2) is 30.5 Å². The van der Waals surface area contributed by atoms with E-state index in [1.54, 1.807) is 17.2 Å². The summed E-state index contributed by atoms with van der Waals surface area (Å²) in [6, 6.07) is 4.97. The molecule has 4 rings (SSSR count). The molecule has 2 aromatic heterocycles. The first-order chi connectivity index (χ1) is 14.8. The number of aromatic amines is 2. The average Bonchev–Trinajstić information content (AvgIpc) is 3.48. The Morgan fingerprint density at radius 2 is 1.97 bits per heavy atom. The molecule has 1 aliphatic rings. The highest BCUT2D eigenvalue weighted by Gasteiger charge is 2.32. The fourth-order valence-electron chi connectivity index (χ4n) is 3.63. The number of amides is 2. The Kier molecular flexibility index (Phi) is 5.53. The lowest BCUT2D eigenvalue weighted by atomic mass is 10.1. The van der Waals surface area contributed by atoms with Crippen molar-refractivity contribution in [1.82, 2.24) is 20.1 Å². The molecule has 3 heterocycles. The van der Waals surface area contributed by atoms with Crippen LogP contribution in [-0.2, 0) is 11.2 Å². The number of benzene rings is 1. The molecule has 162 valence electrons. The summed E-state index contributed by atoms with van der Waals surface area (Å²) in [6.45, 7) is 2.46. The fourth-order valence-corrected chi connectivity index (χ4v) is 3.63. The van der Waals surface area contributed by atoms with Crippen molar-refractivity contribution in [3.05, 3.63) is 70.6 Å². The molecular formula is C21H20F3N5O2. The van der Waals surface area contributed by atoms with Crippen molar-refractivity contribution in [3.63, 3.8) is 0 Å². The first kappa shape index (κ1) is 20.7. The largest absolute Gasteiger partial charge is 0.354 e. The van der Waals surface area contributed by atoms with Gasteiger partial charge in [0.25, 0.3) is 5.91 Å². The highest BCUT2D eigenvalue weighted by Crippen LogP contribution is 2.23. The molecule has 3 N–H and O–H groups in total. The van der Waals surface area contributed by atoms with Crippen LogP contribution in [0.1, 0.15) is 33.9 Å². The normalized spacial score (nSPS) is 16.0. The zero-order valence-electron chi connectivity index (χ0n) is 16.6. The molecule has 1 aromatic carbocycles. The quantitative estimate of drug-likeness (QED) is 0.542. The van der Waals surface area contributed by atoms with Gasteiger partial charge in [-0.3, -0.25) is 14.7 Å². The predicted octanol–water partition coefficient (Wildman–Crippen LogP) is 3.16.